The molecule has 0 aliphatic carbocycles. The Morgan fingerprint density at radius 2 is 1.92 bits per heavy atom. The van der Waals surface area contributed by atoms with Crippen molar-refractivity contribution in [3.05, 3.63) is 89.8 Å². The lowest BCUT2D eigenvalue weighted by Crippen LogP contribution is -2.15. The number of nitrogens with zero attached hydrogens (tertiary/aromatic N) is 1. The van der Waals surface area contributed by atoms with Crippen LogP contribution in [0.3, 0.4) is 0 Å². The number of benzene rings is 2. The quantitative estimate of drug-likeness (QED) is 0.758. The number of anilines is 1. The molecule has 1 heterocycles. The van der Waals surface area contributed by atoms with Gasteiger partial charge in [0.15, 0.2) is 11.6 Å². The van der Waals surface area contributed by atoms with Crippen LogP contribution < -0.4 is 10.1 Å². The number of pyridine rings is 1. The van der Waals surface area contributed by atoms with E-state index >= 15 is 0 Å². The van der Waals surface area contributed by atoms with Gasteiger partial charge in [0.25, 0.3) is 5.91 Å². The van der Waals surface area contributed by atoms with Crippen LogP contribution in [0.4, 0.5) is 14.5 Å². The largest absolute Gasteiger partial charge is 0.486 e. The van der Waals surface area contributed by atoms with Crippen LogP contribution in [0.15, 0.2) is 67.0 Å². The van der Waals surface area contributed by atoms with E-state index in [9.17, 15) is 13.6 Å². The van der Waals surface area contributed by atoms with E-state index in [0.717, 1.165) is 12.1 Å². The third-order valence-corrected chi connectivity index (χ3v) is 3.46. The Morgan fingerprint density at radius 3 is 2.68 bits per heavy atom. The van der Waals surface area contributed by atoms with E-state index in [0.29, 0.717) is 16.8 Å². The highest BCUT2D eigenvalue weighted by molar-refractivity contribution is 6.05. The first-order valence-electron chi connectivity index (χ1n) is 7.50. The van der Waals surface area contributed by atoms with E-state index < -0.39 is 11.6 Å². The summed E-state index contributed by atoms with van der Waals surface area (Å²) in [6, 6.07) is 13.3. The first-order chi connectivity index (χ1) is 12.1. The van der Waals surface area contributed by atoms with Crippen LogP contribution in [-0.4, -0.2) is 10.9 Å². The fourth-order valence-corrected chi connectivity index (χ4v) is 2.25. The number of ether oxygens (including phenoxy) is 1. The van der Waals surface area contributed by atoms with Crippen LogP contribution in [0.5, 0.6) is 5.75 Å². The Kier molecular flexibility index (Phi) is 4.99. The fourth-order valence-electron chi connectivity index (χ4n) is 2.25. The van der Waals surface area contributed by atoms with Crippen LogP contribution in [-0.2, 0) is 6.61 Å². The van der Waals surface area contributed by atoms with E-state index in [2.05, 4.69) is 10.3 Å². The molecule has 2 aromatic carbocycles. The second-order valence-electron chi connectivity index (χ2n) is 5.22. The molecule has 0 bridgehead atoms. The standard InChI is InChI=1S/C19H14F2N2O2/c20-14-7-8-18(17(21)10-14)25-12-13-4-1-2-6-16(13)19(24)23-15-5-3-9-22-11-15/h1-11H,12H2,(H,23,24). The summed E-state index contributed by atoms with van der Waals surface area (Å²) in [5.41, 5.74) is 1.54. The second kappa shape index (κ2) is 7.53. The number of amides is 1. The molecule has 0 aliphatic heterocycles. The highest BCUT2D eigenvalue weighted by Gasteiger charge is 2.13. The SMILES string of the molecule is O=C(Nc1cccnc1)c1ccccc1COc1ccc(F)cc1F. The number of nitrogens with one attached hydrogen (secondary N) is 1. The van der Waals surface area contributed by atoms with Crippen LogP contribution in [0.2, 0.25) is 0 Å². The maximum absolute atomic E-state index is 13.6. The minimum absolute atomic E-state index is 0.0286. The molecule has 0 saturated carbocycles. The maximum atomic E-state index is 13.6. The van der Waals surface area contributed by atoms with Crippen LogP contribution in [0.25, 0.3) is 0 Å². The Labute approximate surface area is 143 Å². The van der Waals surface area contributed by atoms with Crippen molar-refractivity contribution >= 4 is 11.6 Å². The molecule has 1 N–H and O–H groups in total. The molecule has 0 fully saturated rings. The molecule has 0 radical (unpaired) electrons. The van der Waals surface area contributed by atoms with Gasteiger partial charge in [0.05, 0.1) is 11.9 Å². The summed E-state index contributed by atoms with van der Waals surface area (Å²) in [7, 11) is 0. The van der Waals surface area contributed by atoms with Crippen molar-refractivity contribution in [2.45, 2.75) is 6.61 Å². The Balaban J connectivity index is 1.75. The van der Waals surface area contributed by atoms with Gasteiger partial charge in [-0.2, -0.15) is 0 Å². The average molecular weight is 340 g/mol. The molecule has 0 unspecified atom stereocenters. The van der Waals surface area contributed by atoms with Gasteiger partial charge < -0.3 is 10.1 Å². The summed E-state index contributed by atoms with van der Waals surface area (Å²) in [5, 5.41) is 2.73. The van der Waals surface area contributed by atoms with Gasteiger partial charge in [0.2, 0.25) is 0 Å². The molecular formula is C19H14F2N2O2. The highest BCUT2D eigenvalue weighted by atomic mass is 19.1. The van der Waals surface area contributed by atoms with Crippen molar-refractivity contribution in [2.75, 3.05) is 5.32 Å². The van der Waals surface area contributed by atoms with Gasteiger partial charge in [0, 0.05) is 23.4 Å². The Morgan fingerprint density at radius 1 is 1.08 bits per heavy atom. The first-order valence-corrected chi connectivity index (χ1v) is 7.50. The van der Waals surface area contributed by atoms with Gasteiger partial charge in [-0.3, -0.25) is 9.78 Å². The summed E-state index contributed by atoms with van der Waals surface area (Å²) < 4.78 is 32.0. The summed E-state index contributed by atoms with van der Waals surface area (Å²) >= 11 is 0. The highest BCUT2D eigenvalue weighted by Crippen LogP contribution is 2.20. The van der Waals surface area contributed by atoms with Crippen LogP contribution >= 0.6 is 0 Å². The van der Waals surface area contributed by atoms with Gasteiger partial charge >= 0.3 is 0 Å². The van der Waals surface area contributed by atoms with E-state index in [1.54, 1.807) is 42.6 Å². The third kappa shape index (κ3) is 4.17. The van der Waals surface area contributed by atoms with E-state index in [1.807, 2.05) is 0 Å². The predicted octanol–water partition coefficient (Wildman–Crippen LogP) is 4.19. The maximum Gasteiger partial charge on any atom is 0.256 e. The lowest BCUT2D eigenvalue weighted by atomic mass is 10.1. The molecule has 4 nitrogen and oxygen atoms in total. The number of carbonyl (C=O) groups excluding carboxylic acids is 1. The molecule has 0 spiro atoms. The van der Waals surface area contributed by atoms with E-state index in [-0.39, 0.29) is 18.3 Å². The van der Waals surface area contributed by atoms with Crippen LogP contribution in [0.1, 0.15) is 15.9 Å². The van der Waals surface area contributed by atoms with Crippen molar-refractivity contribution in [1.29, 1.82) is 0 Å². The molecule has 3 aromatic rings. The molecule has 0 atom stereocenters. The van der Waals surface area contributed by atoms with Gasteiger partial charge in [-0.15, -0.1) is 0 Å². The number of carbonyl (C=O) groups is 1. The normalized spacial score (nSPS) is 10.3. The summed E-state index contributed by atoms with van der Waals surface area (Å²) in [4.78, 5) is 16.4. The third-order valence-electron chi connectivity index (χ3n) is 3.46. The summed E-state index contributed by atoms with van der Waals surface area (Å²) in [5.74, 6) is -1.88. The zero-order valence-electron chi connectivity index (χ0n) is 13.1. The monoisotopic (exact) mass is 340 g/mol. The molecule has 3 rings (SSSR count). The van der Waals surface area contributed by atoms with Crippen molar-refractivity contribution < 1.29 is 18.3 Å². The molecule has 1 aromatic heterocycles. The topological polar surface area (TPSA) is 51.2 Å². The van der Waals surface area contributed by atoms with Gasteiger partial charge in [-0.05, 0) is 30.3 Å². The molecule has 126 valence electrons. The zero-order chi connectivity index (χ0) is 17.6. The number of halogens is 2. The number of rotatable bonds is 5. The smallest absolute Gasteiger partial charge is 0.256 e. The van der Waals surface area contributed by atoms with Crippen LogP contribution in [0, 0.1) is 11.6 Å². The molecule has 25 heavy (non-hydrogen) atoms. The molecule has 0 saturated heterocycles. The van der Waals surface area contributed by atoms with Crippen molar-refractivity contribution in [3.63, 3.8) is 0 Å². The number of hydrogen-bond donors (Lipinski definition) is 1. The molecule has 1 amide bonds. The second-order valence-corrected chi connectivity index (χ2v) is 5.22. The van der Waals surface area contributed by atoms with Crippen molar-refractivity contribution in [2.24, 2.45) is 0 Å². The lowest BCUT2D eigenvalue weighted by molar-refractivity contribution is 0.102. The zero-order valence-corrected chi connectivity index (χ0v) is 13.1. The minimum Gasteiger partial charge on any atom is -0.486 e. The van der Waals surface area contributed by atoms with E-state index in [1.165, 1.54) is 12.3 Å². The van der Waals surface area contributed by atoms with Crippen molar-refractivity contribution in [3.8, 4) is 5.75 Å². The number of hydrogen-bond acceptors (Lipinski definition) is 3. The Hall–Kier alpha value is -3.28. The van der Waals surface area contributed by atoms with Gasteiger partial charge in [-0.1, -0.05) is 18.2 Å². The minimum atomic E-state index is -0.794. The molecular weight excluding hydrogens is 326 g/mol. The lowest BCUT2D eigenvalue weighted by Gasteiger charge is -2.12. The Bertz CT molecular complexity index is 886. The van der Waals surface area contributed by atoms with Crippen molar-refractivity contribution in [1.82, 2.24) is 4.98 Å². The molecule has 0 aliphatic rings. The predicted molar refractivity (Wildman–Crippen MR) is 89.3 cm³/mol. The summed E-state index contributed by atoms with van der Waals surface area (Å²) in [6.45, 7) is -0.0286. The number of aromatic nitrogens is 1. The first kappa shape index (κ1) is 16.6. The van der Waals surface area contributed by atoms with E-state index in [4.69, 9.17) is 4.74 Å². The van der Waals surface area contributed by atoms with Gasteiger partial charge in [-0.25, -0.2) is 8.78 Å². The average Bonchev–Trinajstić information content (AvgIpc) is 2.62. The summed E-state index contributed by atoms with van der Waals surface area (Å²) in [6.07, 6.45) is 3.14. The van der Waals surface area contributed by atoms with Gasteiger partial charge in [0.1, 0.15) is 12.4 Å². The fraction of sp³-hybridized carbons (Fsp3) is 0.0526. The molecule has 6 heteroatoms.